The van der Waals surface area contributed by atoms with Crippen LogP contribution in [-0.4, -0.2) is 29.4 Å². The molecule has 0 radical (unpaired) electrons. The van der Waals surface area contributed by atoms with E-state index < -0.39 is 33.4 Å². The highest BCUT2D eigenvalue weighted by Gasteiger charge is 2.50. The SMILES string of the molecule is CC1(C)C(=O)NS(=O)(=O)N1c1ccc(Cn2cc(-c3ccc(Cl)cc3Cl)nc2/C=C/c2ccc(-c3cccc(C(F)(F)F)c3)cc2)cc1. The number of hydrogen-bond donors (Lipinski definition) is 1. The zero-order valence-corrected chi connectivity index (χ0v) is 27.8. The van der Waals surface area contributed by atoms with Crippen LogP contribution < -0.4 is 9.03 Å². The summed E-state index contributed by atoms with van der Waals surface area (Å²) in [4.78, 5) is 17.1. The summed E-state index contributed by atoms with van der Waals surface area (Å²) in [5.41, 5.74) is 2.35. The molecule has 2 heterocycles. The van der Waals surface area contributed by atoms with Gasteiger partial charge in [0.2, 0.25) is 0 Å². The lowest BCUT2D eigenvalue weighted by atomic mass is 10.0. The number of anilines is 1. The lowest BCUT2D eigenvalue weighted by Gasteiger charge is -2.27. The van der Waals surface area contributed by atoms with Crippen LogP contribution >= 0.6 is 23.2 Å². The van der Waals surface area contributed by atoms with Crippen molar-refractivity contribution in [3.63, 3.8) is 0 Å². The van der Waals surface area contributed by atoms with E-state index in [9.17, 15) is 26.4 Å². The molecule has 0 atom stereocenters. The van der Waals surface area contributed by atoms with E-state index in [-0.39, 0.29) is 0 Å². The lowest BCUT2D eigenvalue weighted by Crippen LogP contribution is -2.44. The van der Waals surface area contributed by atoms with Gasteiger partial charge in [0.15, 0.2) is 0 Å². The third-order valence-electron chi connectivity index (χ3n) is 7.92. The molecule has 1 aromatic heterocycles. The van der Waals surface area contributed by atoms with Gasteiger partial charge in [-0.05, 0) is 84.6 Å². The quantitative estimate of drug-likeness (QED) is 0.183. The highest BCUT2D eigenvalue weighted by molar-refractivity contribution is 7.92. The van der Waals surface area contributed by atoms with Crippen molar-refractivity contribution in [2.24, 2.45) is 0 Å². The van der Waals surface area contributed by atoms with Crippen LogP contribution in [-0.2, 0) is 27.7 Å². The van der Waals surface area contributed by atoms with Gasteiger partial charge in [0.1, 0.15) is 11.4 Å². The smallest absolute Gasteiger partial charge is 0.326 e. The number of imidazole rings is 1. The molecule has 1 aliphatic rings. The van der Waals surface area contributed by atoms with Crippen LogP contribution in [0.25, 0.3) is 34.5 Å². The van der Waals surface area contributed by atoms with E-state index in [0.29, 0.717) is 50.5 Å². The van der Waals surface area contributed by atoms with Crippen molar-refractivity contribution >= 4 is 57.2 Å². The van der Waals surface area contributed by atoms with Crippen LogP contribution in [0.3, 0.4) is 0 Å². The fraction of sp³-hybridized carbons (Fsp3) is 0.143. The number of nitrogens with one attached hydrogen (secondary N) is 1. The van der Waals surface area contributed by atoms with E-state index >= 15 is 0 Å². The largest absolute Gasteiger partial charge is 0.416 e. The van der Waals surface area contributed by atoms with Gasteiger partial charge in [0.05, 0.1) is 22.0 Å². The molecule has 1 fully saturated rings. The Morgan fingerprint density at radius 3 is 2.23 bits per heavy atom. The molecule has 0 unspecified atom stereocenters. The predicted molar refractivity (Wildman–Crippen MR) is 183 cm³/mol. The Bertz CT molecular complexity index is 2160. The normalized spacial score (nSPS) is 15.6. The fourth-order valence-electron chi connectivity index (χ4n) is 5.42. The summed E-state index contributed by atoms with van der Waals surface area (Å²) in [5.74, 6) is -0.0276. The summed E-state index contributed by atoms with van der Waals surface area (Å²) < 4.78 is 69.9. The van der Waals surface area contributed by atoms with Gasteiger partial charge in [-0.1, -0.05) is 77.8 Å². The predicted octanol–water partition coefficient (Wildman–Crippen LogP) is 8.72. The van der Waals surface area contributed by atoms with Crippen LogP contribution in [0.2, 0.25) is 10.0 Å². The first-order valence-electron chi connectivity index (χ1n) is 14.6. The van der Waals surface area contributed by atoms with Gasteiger partial charge in [-0.25, -0.2) is 14.0 Å². The van der Waals surface area contributed by atoms with Gasteiger partial charge in [0, 0.05) is 23.3 Å². The van der Waals surface area contributed by atoms with Gasteiger partial charge >= 0.3 is 16.4 Å². The highest BCUT2D eigenvalue weighted by Crippen LogP contribution is 2.34. The van der Waals surface area contributed by atoms with E-state index in [2.05, 4.69) is 0 Å². The zero-order chi connectivity index (χ0) is 34.4. The minimum atomic E-state index is -4.43. The van der Waals surface area contributed by atoms with E-state index in [4.69, 9.17) is 28.2 Å². The number of halogens is 5. The molecule has 0 spiro atoms. The molecule has 48 heavy (non-hydrogen) atoms. The molecule has 1 amide bonds. The van der Waals surface area contributed by atoms with Crippen molar-refractivity contribution in [3.05, 3.63) is 130 Å². The summed E-state index contributed by atoms with van der Waals surface area (Å²) in [7, 11) is -4.03. The zero-order valence-electron chi connectivity index (χ0n) is 25.5. The number of amides is 1. The second kappa shape index (κ2) is 12.5. The maximum atomic E-state index is 13.2. The monoisotopic (exact) mass is 710 g/mol. The average molecular weight is 712 g/mol. The Hall–Kier alpha value is -4.58. The summed E-state index contributed by atoms with van der Waals surface area (Å²) in [6.45, 7) is 3.43. The van der Waals surface area contributed by atoms with Gasteiger partial charge in [-0.15, -0.1) is 0 Å². The van der Waals surface area contributed by atoms with Gasteiger partial charge in [-0.3, -0.25) is 4.79 Å². The molecule has 4 aromatic carbocycles. The molecule has 7 nitrogen and oxygen atoms in total. The molecule has 1 N–H and O–H groups in total. The Morgan fingerprint density at radius 1 is 0.896 bits per heavy atom. The van der Waals surface area contributed by atoms with E-state index in [1.165, 1.54) is 19.9 Å². The van der Waals surface area contributed by atoms with E-state index in [1.807, 2.05) is 39.8 Å². The summed E-state index contributed by atoms with van der Waals surface area (Å²) >= 11 is 12.6. The Balaban J connectivity index is 1.29. The van der Waals surface area contributed by atoms with E-state index in [1.54, 1.807) is 60.7 Å². The van der Waals surface area contributed by atoms with Crippen molar-refractivity contribution in [3.8, 4) is 22.4 Å². The second-order valence-corrected chi connectivity index (χ2v) is 14.1. The van der Waals surface area contributed by atoms with Crippen molar-refractivity contribution < 1.29 is 26.4 Å². The maximum Gasteiger partial charge on any atom is 0.416 e. The third kappa shape index (κ3) is 6.71. The van der Waals surface area contributed by atoms with Crippen molar-refractivity contribution in [1.82, 2.24) is 14.3 Å². The molecule has 246 valence electrons. The number of aromatic nitrogens is 2. The fourth-order valence-corrected chi connectivity index (χ4v) is 7.59. The minimum absolute atomic E-state index is 0.343. The van der Waals surface area contributed by atoms with Crippen LogP contribution in [0.5, 0.6) is 0 Å². The molecular weight excluding hydrogens is 684 g/mol. The van der Waals surface area contributed by atoms with Crippen LogP contribution in [0, 0.1) is 0 Å². The summed E-state index contributed by atoms with van der Waals surface area (Å²) in [6.07, 6.45) is 1.07. The van der Waals surface area contributed by atoms with E-state index in [0.717, 1.165) is 27.6 Å². The molecule has 1 saturated heterocycles. The van der Waals surface area contributed by atoms with Crippen LogP contribution in [0.1, 0.15) is 36.4 Å². The third-order valence-corrected chi connectivity index (χ3v) is 10.1. The first-order chi connectivity index (χ1) is 22.6. The Kier molecular flexibility index (Phi) is 8.65. The van der Waals surface area contributed by atoms with Crippen molar-refractivity contribution in [2.45, 2.75) is 32.1 Å². The van der Waals surface area contributed by atoms with Gasteiger partial charge < -0.3 is 4.57 Å². The van der Waals surface area contributed by atoms with Crippen molar-refractivity contribution in [1.29, 1.82) is 0 Å². The molecule has 1 aliphatic heterocycles. The minimum Gasteiger partial charge on any atom is -0.326 e. The van der Waals surface area contributed by atoms with Crippen LogP contribution in [0.4, 0.5) is 18.9 Å². The topological polar surface area (TPSA) is 84.3 Å². The molecule has 0 saturated carbocycles. The number of carbonyl (C=O) groups is 1. The number of carbonyl (C=O) groups excluding carboxylic acids is 1. The number of benzene rings is 4. The number of nitrogens with zero attached hydrogens (tertiary/aromatic N) is 3. The first-order valence-corrected chi connectivity index (χ1v) is 16.8. The standard InChI is InChI=1S/C35H27Cl2F3N4O3S/c1-34(2)33(45)42-48(46,47)44(34)28-14-8-23(9-15-28)20-43-21-31(29-16-13-27(36)19-30(29)37)41-32(43)17-10-22-6-11-24(12-7-22)25-4-3-5-26(18-25)35(38,39)40/h3-19,21H,20H2,1-2H3,(H,42,45)/b17-10+. The lowest BCUT2D eigenvalue weighted by molar-refractivity contribution is -0.137. The average Bonchev–Trinajstić information content (AvgIpc) is 3.49. The number of rotatable bonds is 7. The Morgan fingerprint density at radius 2 is 1.60 bits per heavy atom. The van der Waals surface area contributed by atoms with Crippen LogP contribution in [0.15, 0.2) is 97.2 Å². The molecule has 5 aromatic rings. The molecule has 13 heteroatoms. The molecule has 0 aliphatic carbocycles. The highest BCUT2D eigenvalue weighted by atomic mass is 35.5. The number of alkyl halides is 3. The maximum absolute atomic E-state index is 13.2. The number of hydrogen-bond acceptors (Lipinski definition) is 4. The van der Waals surface area contributed by atoms with Gasteiger partial charge in [0.25, 0.3) is 5.91 Å². The second-order valence-electron chi connectivity index (χ2n) is 11.7. The Labute approximate surface area is 285 Å². The molecule has 6 rings (SSSR count). The summed E-state index contributed by atoms with van der Waals surface area (Å²) in [6, 6.07) is 24.3. The van der Waals surface area contributed by atoms with Gasteiger partial charge in [-0.2, -0.15) is 21.6 Å². The molecular formula is C35H27Cl2F3N4O3S. The summed E-state index contributed by atoms with van der Waals surface area (Å²) in [5, 5.41) is 0.909. The first kappa shape index (κ1) is 33.3. The van der Waals surface area contributed by atoms with Crippen molar-refractivity contribution in [2.75, 3.05) is 4.31 Å². The molecule has 0 bridgehead atoms.